The van der Waals surface area contributed by atoms with E-state index >= 15 is 0 Å². The van der Waals surface area contributed by atoms with Gasteiger partial charge in [-0.2, -0.15) is 0 Å². The van der Waals surface area contributed by atoms with E-state index in [1.165, 1.54) is 0 Å². The van der Waals surface area contributed by atoms with Gasteiger partial charge < -0.3 is 4.74 Å². The fourth-order valence-corrected chi connectivity index (χ4v) is 0.984. The van der Waals surface area contributed by atoms with Crippen LogP contribution >= 0.6 is 0 Å². The molecule has 0 bridgehead atoms. The molecule has 58 valence electrons. The minimum absolute atomic E-state index is 0.922. The third kappa shape index (κ3) is 1.84. The lowest BCUT2D eigenvalue weighted by molar-refractivity contribution is 0.414. The van der Waals surface area contributed by atoms with Crippen molar-refractivity contribution in [2.75, 3.05) is 7.11 Å². The zero-order valence-electron chi connectivity index (χ0n) is 6.87. The Morgan fingerprint density at radius 3 is 2.64 bits per heavy atom. The molecule has 0 radical (unpaired) electrons. The first-order chi connectivity index (χ1) is 5.38. The molecule has 0 saturated heterocycles. The van der Waals surface area contributed by atoms with Crippen LogP contribution in [0.5, 0.6) is 5.75 Å². The van der Waals surface area contributed by atoms with Gasteiger partial charge in [-0.1, -0.05) is 30.4 Å². The number of methoxy groups -OCH3 is 1. The minimum atomic E-state index is 0.922. The molecule has 0 fully saturated rings. The average Bonchev–Trinajstić information content (AvgIpc) is 2.06. The van der Waals surface area contributed by atoms with Crippen LogP contribution in [-0.2, 0) is 0 Å². The molecule has 1 rings (SSSR count). The molecule has 1 heteroatoms. The van der Waals surface area contributed by atoms with Crippen molar-refractivity contribution < 1.29 is 4.74 Å². The maximum Gasteiger partial charge on any atom is 0.126 e. The highest BCUT2D eigenvalue weighted by Crippen LogP contribution is 2.18. The summed E-state index contributed by atoms with van der Waals surface area (Å²) >= 11 is 0. The molecule has 0 aliphatic rings. The van der Waals surface area contributed by atoms with Crippen molar-refractivity contribution in [2.45, 2.75) is 6.92 Å². The Kier molecular flexibility index (Phi) is 2.73. The summed E-state index contributed by atoms with van der Waals surface area (Å²) in [4.78, 5) is 0. The maximum atomic E-state index is 5.15. The molecular formula is C10H12O. The number of hydrogen-bond acceptors (Lipinski definition) is 1. The summed E-state index contributed by atoms with van der Waals surface area (Å²) in [6.45, 7) is 1.99. The molecular weight excluding hydrogens is 136 g/mol. The molecule has 0 spiro atoms. The van der Waals surface area contributed by atoms with Gasteiger partial charge in [0, 0.05) is 5.56 Å². The molecule has 1 aromatic rings. The molecule has 0 heterocycles. The molecule has 0 aliphatic carbocycles. The van der Waals surface area contributed by atoms with Gasteiger partial charge in [-0.15, -0.1) is 0 Å². The summed E-state index contributed by atoms with van der Waals surface area (Å²) in [6.07, 6.45) is 4.02. The van der Waals surface area contributed by atoms with Gasteiger partial charge in [0.25, 0.3) is 0 Å². The van der Waals surface area contributed by atoms with Gasteiger partial charge in [-0.05, 0) is 13.0 Å². The lowest BCUT2D eigenvalue weighted by atomic mass is 10.2. The van der Waals surface area contributed by atoms with E-state index in [1.807, 2.05) is 43.3 Å². The second kappa shape index (κ2) is 3.81. The van der Waals surface area contributed by atoms with Crippen LogP contribution in [0.4, 0.5) is 0 Å². The number of allylic oxidation sites excluding steroid dienone is 1. The zero-order chi connectivity index (χ0) is 8.10. The molecule has 0 amide bonds. The first kappa shape index (κ1) is 7.86. The first-order valence-corrected chi connectivity index (χ1v) is 3.64. The first-order valence-electron chi connectivity index (χ1n) is 3.64. The van der Waals surface area contributed by atoms with Crippen LogP contribution in [0.25, 0.3) is 6.08 Å². The van der Waals surface area contributed by atoms with Gasteiger partial charge in [0.2, 0.25) is 0 Å². The Labute approximate surface area is 67.3 Å². The van der Waals surface area contributed by atoms with Gasteiger partial charge in [0.05, 0.1) is 7.11 Å². The second-order valence-corrected chi connectivity index (χ2v) is 2.24. The van der Waals surface area contributed by atoms with E-state index in [0.29, 0.717) is 0 Å². The molecule has 11 heavy (non-hydrogen) atoms. The van der Waals surface area contributed by atoms with Crippen molar-refractivity contribution in [2.24, 2.45) is 0 Å². The van der Waals surface area contributed by atoms with Gasteiger partial charge >= 0.3 is 0 Å². The van der Waals surface area contributed by atoms with Crippen molar-refractivity contribution in [3.63, 3.8) is 0 Å². The van der Waals surface area contributed by atoms with Crippen molar-refractivity contribution in [3.8, 4) is 5.75 Å². The summed E-state index contributed by atoms with van der Waals surface area (Å²) in [7, 11) is 1.68. The van der Waals surface area contributed by atoms with Gasteiger partial charge in [0.1, 0.15) is 5.75 Å². The molecule has 0 unspecified atom stereocenters. The maximum absolute atomic E-state index is 5.15. The minimum Gasteiger partial charge on any atom is -0.496 e. The van der Waals surface area contributed by atoms with Gasteiger partial charge in [0.15, 0.2) is 0 Å². The Bertz CT molecular complexity index is 251. The summed E-state index contributed by atoms with van der Waals surface area (Å²) in [5.74, 6) is 0.922. The Balaban J connectivity index is 3.02. The number of para-hydroxylation sites is 1. The summed E-state index contributed by atoms with van der Waals surface area (Å²) in [6, 6.07) is 7.94. The fraction of sp³-hybridized carbons (Fsp3) is 0.200. The fourth-order valence-electron chi connectivity index (χ4n) is 0.984. The van der Waals surface area contributed by atoms with E-state index in [-0.39, 0.29) is 0 Å². The summed E-state index contributed by atoms with van der Waals surface area (Å²) < 4.78 is 5.15. The average molecular weight is 148 g/mol. The predicted molar refractivity (Wildman–Crippen MR) is 47.7 cm³/mol. The normalized spacial score (nSPS) is 10.4. The van der Waals surface area contributed by atoms with E-state index in [1.54, 1.807) is 7.11 Å². The van der Waals surface area contributed by atoms with Crippen LogP contribution in [0.15, 0.2) is 30.3 Å². The van der Waals surface area contributed by atoms with E-state index in [2.05, 4.69) is 0 Å². The smallest absolute Gasteiger partial charge is 0.126 e. The van der Waals surface area contributed by atoms with E-state index in [9.17, 15) is 0 Å². The molecule has 0 aliphatic heterocycles. The Morgan fingerprint density at radius 1 is 1.27 bits per heavy atom. The number of rotatable bonds is 2. The molecule has 0 N–H and O–H groups in total. The van der Waals surface area contributed by atoms with Gasteiger partial charge in [-0.25, -0.2) is 0 Å². The molecule has 1 aromatic carbocycles. The molecule has 0 aromatic heterocycles. The van der Waals surface area contributed by atoms with Crippen LogP contribution in [-0.4, -0.2) is 7.11 Å². The van der Waals surface area contributed by atoms with Crippen LogP contribution in [0.2, 0.25) is 0 Å². The largest absolute Gasteiger partial charge is 0.496 e. The van der Waals surface area contributed by atoms with Crippen LogP contribution in [0.3, 0.4) is 0 Å². The van der Waals surface area contributed by atoms with Gasteiger partial charge in [-0.3, -0.25) is 0 Å². The van der Waals surface area contributed by atoms with Crippen molar-refractivity contribution in [1.82, 2.24) is 0 Å². The monoisotopic (exact) mass is 148 g/mol. The standard InChI is InChI=1S/C10H12O/c1-3-6-9-7-4-5-8-10(9)11-2/h3-8H,1-2H3. The molecule has 0 saturated carbocycles. The third-order valence-corrected chi connectivity index (χ3v) is 1.49. The van der Waals surface area contributed by atoms with E-state index in [0.717, 1.165) is 11.3 Å². The highest BCUT2D eigenvalue weighted by molar-refractivity contribution is 5.56. The highest BCUT2D eigenvalue weighted by atomic mass is 16.5. The van der Waals surface area contributed by atoms with Crippen molar-refractivity contribution >= 4 is 6.08 Å². The lowest BCUT2D eigenvalue weighted by Gasteiger charge is -2.02. The Hall–Kier alpha value is -1.24. The highest BCUT2D eigenvalue weighted by Gasteiger charge is 1.94. The van der Waals surface area contributed by atoms with E-state index < -0.39 is 0 Å². The number of ether oxygens (including phenoxy) is 1. The quantitative estimate of drug-likeness (QED) is 0.626. The molecule has 0 atom stereocenters. The van der Waals surface area contributed by atoms with Crippen LogP contribution in [0.1, 0.15) is 12.5 Å². The van der Waals surface area contributed by atoms with Crippen molar-refractivity contribution in [1.29, 1.82) is 0 Å². The topological polar surface area (TPSA) is 9.23 Å². The van der Waals surface area contributed by atoms with Crippen molar-refractivity contribution in [3.05, 3.63) is 35.9 Å². The summed E-state index contributed by atoms with van der Waals surface area (Å²) in [5, 5.41) is 0. The molecule has 1 nitrogen and oxygen atoms in total. The number of benzene rings is 1. The van der Waals surface area contributed by atoms with E-state index in [4.69, 9.17) is 4.74 Å². The SMILES string of the molecule is CC=Cc1ccccc1OC. The predicted octanol–water partition coefficient (Wildman–Crippen LogP) is 2.73. The number of hydrogen-bond donors (Lipinski definition) is 0. The Morgan fingerprint density at radius 2 is 2.00 bits per heavy atom. The third-order valence-electron chi connectivity index (χ3n) is 1.49. The zero-order valence-corrected chi connectivity index (χ0v) is 6.87. The van der Waals surface area contributed by atoms with Crippen LogP contribution in [0, 0.1) is 0 Å². The second-order valence-electron chi connectivity index (χ2n) is 2.24. The summed E-state index contributed by atoms with van der Waals surface area (Å²) in [5.41, 5.74) is 1.12. The van der Waals surface area contributed by atoms with Crippen LogP contribution < -0.4 is 4.74 Å². The lowest BCUT2D eigenvalue weighted by Crippen LogP contribution is -1.84.